The molecule has 0 saturated heterocycles. The SMILES string of the molecule is CCOC1(C(O)Cc2cccc(F)c2)CCCCC1. The van der Waals surface area contributed by atoms with E-state index in [9.17, 15) is 9.50 Å². The van der Waals surface area contributed by atoms with Crippen LogP contribution in [0, 0.1) is 5.82 Å². The molecule has 106 valence electrons. The second-order valence-electron chi connectivity index (χ2n) is 5.41. The lowest BCUT2D eigenvalue weighted by Crippen LogP contribution is -2.47. The second kappa shape index (κ2) is 6.49. The van der Waals surface area contributed by atoms with E-state index in [0.717, 1.165) is 31.2 Å². The van der Waals surface area contributed by atoms with Gasteiger partial charge in [-0.1, -0.05) is 31.4 Å². The first kappa shape index (κ1) is 14.5. The van der Waals surface area contributed by atoms with Crippen molar-refractivity contribution in [2.45, 2.75) is 57.2 Å². The van der Waals surface area contributed by atoms with Gasteiger partial charge in [0.25, 0.3) is 0 Å². The second-order valence-corrected chi connectivity index (χ2v) is 5.41. The molecule has 0 aliphatic heterocycles. The summed E-state index contributed by atoms with van der Waals surface area (Å²) in [7, 11) is 0. The molecule has 1 aliphatic rings. The average Bonchev–Trinajstić information content (AvgIpc) is 2.40. The van der Waals surface area contributed by atoms with Crippen LogP contribution in [0.1, 0.15) is 44.6 Å². The van der Waals surface area contributed by atoms with Crippen molar-refractivity contribution in [2.24, 2.45) is 0 Å². The minimum absolute atomic E-state index is 0.251. The lowest BCUT2D eigenvalue weighted by molar-refractivity contribution is -0.138. The van der Waals surface area contributed by atoms with Crippen molar-refractivity contribution < 1.29 is 14.2 Å². The van der Waals surface area contributed by atoms with Crippen molar-refractivity contribution in [1.29, 1.82) is 0 Å². The molecule has 1 atom stereocenters. The van der Waals surface area contributed by atoms with Crippen molar-refractivity contribution in [3.05, 3.63) is 35.6 Å². The summed E-state index contributed by atoms with van der Waals surface area (Å²) in [5.74, 6) is -0.251. The van der Waals surface area contributed by atoms with E-state index in [1.54, 1.807) is 6.07 Å². The fraction of sp³-hybridized carbons (Fsp3) is 0.625. The molecule has 1 aliphatic carbocycles. The van der Waals surface area contributed by atoms with Crippen molar-refractivity contribution in [3.63, 3.8) is 0 Å². The Morgan fingerprint density at radius 3 is 2.68 bits per heavy atom. The third kappa shape index (κ3) is 3.54. The highest BCUT2D eigenvalue weighted by Crippen LogP contribution is 2.35. The van der Waals surface area contributed by atoms with Gasteiger partial charge in [-0.3, -0.25) is 0 Å². The molecule has 0 heterocycles. The molecule has 2 nitrogen and oxygen atoms in total. The van der Waals surface area contributed by atoms with Gasteiger partial charge in [0.2, 0.25) is 0 Å². The Morgan fingerprint density at radius 1 is 1.32 bits per heavy atom. The molecule has 1 aromatic carbocycles. The highest BCUT2D eigenvalue weighted by Gasteiger charge is 2.39. The first-order chi connectivity index (χ1) is 9.16. The summed E-state index contributed by atoms with van der Waals surface area (Å²) >= 11 is 0. The largest absolute Gasteiger partial charge is 0.390 e. The Kier molecular flexibility index (Phi) is 4.94. The molecule has 0 radical (unpaired) electrons. The van der Waals surface area contributed by atoms with Gasteiger partial charge >= 0.3 is 0 Å². The number of benzene rings is 1. The van der Waals surface area contributed by atoms with E-state index in [0.29, 0.717) is 13.0 Å². The summed E-state index contributed by atoms with van der Waals surface area (Å²) in [6.45, 7) is 2.57. The highest BCUT2D eigenvalue weighted by atomic mass is 19.1. The molecule has 3 heteroatoms. The van der Waals surface area contributed by atoms with Gasteiger partial charge in [0.15, 0.2) is 0 Å². The predicted molar refractivity (Wildman–Crippen MR) is 73.6 cm³/mol. The third-order valence-electron chi connectivity index (χ3n) is 4.06. The molecule has 1 aromatic rings. The summed E-state index contributed by atoms with van der Waals surface area (Å²) in [5, 5.41) is 10.6. The molecule has 2 rings (SSSR count). The number of hydrogen-bond donors (Lipinski definition) is 1. The van der Waals surface area contributed by atoms with Gasteiger partial charge in [-0.2, -0.15) is 0 Å². The third-order valence-corrected chi connectivity index (χ3v) is 4.06. The lowest BCUT2D eigenvalue weighted by Gasteiger charge is -2.41. The molecule has 1 N–H and O–H groups in total. The molecule has 1 unspecified atom stereocenters. The molecule has 0 aromatic heterocycles. The van der Waals surface area contributed by atoms with Gasteiger partial charge in [-0.15, -0.1) is 0 Å². The molecule has 0 bridgehead atoms. The van der Waals surface area contributed by atoms with Crippen LogP contribution in [0.4, 0.5) is 4.39 Å². The molecule has 0 amide bonds. The summed E-state index contributed by atoms with van der Waals surface area (Å²) in [6.07, 6.45) is 5.10. The first-order valence-electron chi connectivity index (χ1n) is 7.23. The van der Waals surface area contributed by atoms with Gasteiger partial charge in [0.1, 0.15) is 5.82 Å². The van der Waals surface area contributed by atoms with Crippen molar-refractivity contribution in [2.75, 3.05) is 6.61 Å². The van der Waals surface area contributed by atoms with Crippen LogP contribution in [0.25, 0.3) is 0 Å². The Hall–Kier alpha value is -0.930. The quantitative estimate of drug-likeness (QED) is 0.884. The summed E-state index contributed by atoms with van der Waals surface area (Å²) in [5.41, 5.74) is 0.399. The number of rotatable bonds is 5. The van der Waals surface area contributed by atoms with Crippen LogP contribution in [0.2, 0.25) is 0 Å². The van der Waals surface area contributed by atoms with Gasteiger partial charge in [0.05, 0.1) is 11.7 Å². The number of hydrogen-bond acceptors (Lipinski definition) is 2. The van der Waals surface area contributed by atoms with E-state index >= 15 is 0 Å². The van der Waals surface area contributed by atoms with E-state index in [4.69, 9.17) is 4.74 Å². The fourth-order valence-corrected chi connectivity index (χ4v) is 3.08. The summed E-state index contributed by atoms with van der Waals surface area (Å²) in [6, 6.07) is 6.46. The minimum atomic E-state index is -0.561. The fourth-order valence-electron chi connectivity index (χ4n) is 3.08. The normalized spacial score (nSPS) is 20.2. The maximum absolute atomic E-state index is 13.2. The average molecular weight is 266 g/mol. The van der Waals surface area contributed by atoms with E-state index < -0.39 is 11.7 Å². The smallest absolute Gasteiger partial charge is 0.123 e. The topological polar surface area (TPSA) is 29.5 Å². The Labute approximate surface area is 114 Å². The molecule has 0 spiro atoms. The van der Waals surface area contributed by atoms with Crippen molar-refractivity contribution in [1.82, 2.24) is 0 Å². The van der Waals surface area contributed by atoms with Crippen molar-refractivity contribution in [3.8, 4) is 0 Å². The Balaban J connectivity index is 2.08. The number of aliphatic hydroxyl groups is 1. The summed E-state index contributed by atoms with van der Waals surface area (Å²) < 4.78 is 19.1. The van der Waals surface area contributed by atoms with Gasteiger partial charge in [0, 0.05) is 13.0 Å². The van der Waals surface area contributed by atoms with Crippen LogP contribution in [-0.4, -0.2) is 23.4 Å². The van der Waals surface area contributed by atoms with E-state index in [-0.39, 0.29) is 5.82 Å². The van der Waals surface area contributed by atoms with E-state index in [1.165, 1.54) is 18.6 Å². The number of aliphatic hydroxyl groups excluding tert-OH is 1. The van der Waals surface area contributed by atoms with Gasteiger partial charge in [-0.25, -0.2) is 4.39 Å². The van der Waals surface area contributed by atoms with Crippen LogP contribution >= 0.6 is 0 Å². The highest BCUT2D eigenvalue weighted by molar-refractivity contribution is 5.18. The molecule has 1 fully saturated rings. The van der Waals surface area contributed by atoms with Gasteiger partial charge in [-0.05, 0) is 37.5 Å². The maximum atomic E-state index is 13.2. The lowest BCUT2D eigenvalue weighted by atomic mass is 9.78. The van der Waals surface area contributed by atoms with Crippen LogP contribution in [0.3, 0.4) is 0 Å². The standard InChI is InChI=1S/C16H23FO2/c1-2-19-16(9-4-3-5-10-16)15(18)12-13-7-6-8-14(17)11-13/h6-8,11,15,18H,2-5,9-10,12H2,1H3. The van der Waals surface area contributed by atoms with Crippen LogP contribution < -0.4 is 0 Å². The van der Waals surface area contributed by atoms with Crippen LogP contribution in [-0.2, 0) is 11.2 Å². The van der Waals surface area contributed by atoms with Crippen molar-refractivity contribution >= 4 is 0 Å². The monoisotopic (exact) mass is 266 g/mol. The zero-order valence-electron chi connectivity index (χ0n) is 11.6. The number of ether oxygens (including phenoxy) is 1. The van der Waals surface area contributed by atoms with E-state index in [1.807, 2.05) is 13.0 Å². The van der Waals surface area contributed by atoms with E-state index in [2.05, 4.69) is 0 Å². The predicted octanol–water partition coefficient (Wildman–Crippen LogP) is 3.47. The Bertz CT molecular complexity index is 394. The molecular formula is C16H23FO2. The van der Waals surface area contributed by atoms with Crippen LogP contribution in [0.15, 0.2) is 24.3 Å². The molecular weight excluding hydrogens is 243 g/mol. The first-order valence-corrected chi connectivity index (χ1v) is 7.23. The Morgan fingerprint density at radius 2 is 2.05 bits per heavy atom. The molecule has 1 saturated carbocycles. The zero-order chi connectivity index (χ0) is 13.7. The van der Waals surface area contributed by atoms with Gasteiger partial charge < -0.3 is 9.84 Å². The molecule has 19 heavy (non-hydrogen) atoms. The maximum Gasteiger partial charge on any atom is 0.123 e. The summed E-state index contributed by atoms with van der Waals surface area (Å²) in [4.78, 5) is 0. The zero-order valence-corrected chi connectivity index (χ0v) is 11.6. The van der Waals surface area contributed by atoms with Crippen LogP contribution in [0.5, 0.6) is 0 Å². The minimum Gasteiger partial charge on any atom is -0.390 e. The number of halogens is 1.